The molecule has 3 aliphatic carbocycles. The van der Waals surface area contributed by atoms with Gasteiger partial charge in [0.2, 0.25) is 0 Å². The summed E-state index contributed by atoms with van der Waals surface area (Å²) in [5.74, 6) is 0.237. The number of carbonyl (C=O) groups is 2. The molecule has 266 valence electrons. The Morgan fingerprint density at radius 2 is 1.69 bits per heavy atom. The van der Waals surface area contributed by atoms with Gasteiger partial charge in [0, 0.05) is 30.0 Å². The number of nitrogens with one attached hydrogen (secondary N) is 1. The number of ketones is 1. The standard InChI is InChI=1S/C42H63NO5/c1-2-3-4-5-6-7-8-9-10-11-12-13-14-18-33(44)19-15-17-31(28-30-21-22-30)37(40(45)46)34-24-23-32-29-35-42(47)25-16-20-36-41(42,26-27-43-35)38(32)39(34)48-36/h9-10,23-24,30-31,35-37,43,47H,2-8,11-22,25-29H2,1H3,(H,45,46)/b10-9-/t31?,35?,36-,37?,41-,42-/m1/s1. The minimum Gasteiger partial charge on any atom is -0.489 e. The van der Waals surface area contributed by atoms with Crippen LogP contribution in [0.15, 0.2) is 24.3 Å². The van der Waals surface area contributed by atoms with Gasteiger partial charge < -0.3 is 20.3 Å². The number of carboxylic acid groups (broad SMARTS) is 1. The SMILES string of the molecule is CCCCCCCC/C=C\CCCCCC(=O)CCCC(CC1CC1)C(C(=O)O)c1ccc2c3c1O[C@@H]1CCC[C@@]4(O)C(C2)NCC[C@]314. The van der Waals surface area contributed by atoms with Crippen LogP contribution in [0.4, 0.5) is 0 Å². The van der Waals surface area contributed by atoms with E-state index in [0.717, 1.165) is 100 Å². The number of ether oxygens (including phenoxy) is 1. The molecule has 1 aromatic carbocycles. The molecule has 0 radical (unpaired) electrons. The van der Waals surface area contributed by atoms with Gasteiger partial charge in [-0.15, -0.1) is 0 Å². The number of unbranched alkanes of at least 4 members (excludes halogenated alkanes) is 9. The van der Waals surface area contributed by atoms with Gasteiger partial charge >= 0.3 is 5.97 Å². The first-order chi connectivity index (χ1) is 23.4. The molecule has 3 N–H and O–H groups in total. The summed E-state index contributed by atoms with van der Waals surface area (Å²) < 4.78 is 6.82. The summed E-state index contributed by atoms with van der Waals surface area (Å²) in [5.41, 5.74) is 1.87. The third kappa shape index (κ3) is 7.45. The third-order valence-corrected chi connectivity index (χ3v) is 12.9. The van der Waals surface area contributed by atoms with E-state index in [1.54, 1.807) is 0 Å². The number of aliphatic hydroxyl groups is 1. The van der Waals surface area contributed by atoms with Crippen molar-refractivity contribution in [2.24, 2.45) is 11.8 Å². The second kappa shape index (κ2) is 16.2. The molecule has 2 heterocycles. The first kappa shape index (κ1) is 35.6. The van der Waals surface area contributed by atoms with E-state index in [2.05, 4.69) is 30.5 Å². The molecule has 6 rings (SSSR count). The monoisotopic (exact) mass is 661 g/mol. The van der Waals surface area contributed by atoms with Gasteiger partial charge in [-0.1, -0.05) is 82.6 Å². The predicted molar refractivity (Wildman–Crippen MR) is 192 cm³/mol. The van der Waals surface area contributed by atoms with Gasteiger partial charge in [0.05, 0.1) is 16.9 Å². The number of carboxylic acids is 1. The summed E-state index contributed by atoms with van der Waals surface area (Å²) >= 11 is 0. The number of Topliss-reactive ketones (excluding diaryl/α,β-unsaturated/α-hetero) is 1. The van der Waals surface area contributed by atoms with E-state index < -0.39 is 22.9 Å². The van der Waals surface area contributed by atoms with Crippen LogP contribution >= 0.6 is 0 Å². The lowest BCUT2D eigenvalue weighted by atomic mass is 9.49. The first-order valence-corrected chi connectivity index (χ1v) is 20.1. The molecule has 2 bridgehead atoms. The highest BCUT2D eigenvalue weighted by Gasteiger charge is 2.69. The normalized spacial score (nSPS) is 28.2. The maximum absolute atomic E-state index is 13.2. The zero-order valence-electron chi connectivity index (χ0n) is 29.8. The van der Waals surface area contributed by atoms with Crippen molar-refractivity contribution in [1.82, 2.24) is 5.32 Å². The van der Waals surface area contributed by atoms with Crippen LogP contribution in [0.5, 0.6) is 5.75 Å². The van der Waals surface area contributed by atoms with Crippen LogP contribution < -0.4 is 10.1 Å². The number of aliphatic carboxylic acids is 1. The smallest absolute Gasteiger partial charge is 0.311 e. The van der Waals surface area contributed by atoms with Crippen molar-refractivity contribution in [3.63, 3.8) is 0 Å². The molecule has 6 heteroatoms. The number of carbonyl (C=O) groups excluding carboxylic acids is 1. The zero-order valence-corrected chi connectivity index (χ0v) is 29.8. The fourth-order valence-corrected chi connectivity index (χ4v) is 10.2. The van der Waals surface area contributed by atoms with Crippen LogP contribution in [0, 0.1) is 11.8 Å². The summed E-state index contributed by atoms with van der Waals surface area (Å²) in [6.07, 6.45) is 28.3. The van der Waals surface area contributed by atoms with Crippen molar-refractivity contribution in [2.45, 2.75) is 184 Å². The van der Waals surface area contributed by atoms with E-state index in [9.17, 15) is 19.8 Å². The van der Waals surface area contributed by atoms with Gasteiger partial charge in [-0.05, 0) is 107 Å². The second-order valence-corrected chi connectivity index (χ2v) is 16.2. The molecule has 6 nitrogen and oxygen atoms in total. The number of rotatable bonds is 22. The number of allylic oxidation sites excluding steroid dienone is 2. The molecule has 5 aliphatic rings. The molecule has 3 fully saturated rings. The molecule has 0 aromatic heterocycles. The lowest BCUT2D eigenvalue weighted by Gasteiger charge is -2.60. The highest BCUT2D eigenvalue weighted by Crippen LogP contribution is 2.64. The summed E-state index contributed by atoms with van der Waals surface area (Å²) in [7, 11) is 0. The van der Waals surface area contributed by atoms with Crippen molar-refractivity contribution in [3.05, 3.63) is 41.0 Å². The minimum absolute atomic E-state index is 0.0211. The van der Waals surface area contributed by atoms with E-state index in [4.69, 9.17) is 4.74 Å². The Hall–Kier alpha value is -2.18. The van der Waals surface area contributed by atoms with Crippen LogP contribution in [0.1, 0.15) is 171 Å². The topological polar surface area (TPSA) is 95.9 Å². The molecule has 1 aromatic rings. The van der Waals surface area contributed by atoms with Crippen LogP contribution in [0.25, 0.3) is 0 Å². The average Bonchev–Trinajstić information content (AvgIpc) is 3.81. The van der Waals surface area contributed by atoms with Crippen LogP contribution in [0.3, 0.4) is 0 Å². The third-order valence-electron chi connectivity index (χ3n) is 12.9. The van der Waals surface area contributed by atoms with E-state index in [0.29, 0.717) is 24.5 Å². The molecule has 2 saturated carbocycles. The van der Waals surface area contributed by atoms with Crippen LogP contribution in [0.2, 0.25) is 0 Å². The molecule has 6 atom stereocenters. The quantitative estimate of drug-likeness (QED) is 0.0848. The van der Waals surface area contributed by atoms with Gasteiger partial charge in [0.15, 0.2) is 0 Å². The van der Waals surface area contributed by atoms with Gasteiger partial charge in [-0.3, -0.25) is 9.59 Å². The van der Waals surface area contributed by atoms with Gasteiger partial charge in [-0.2, -0.15) is 0 Å². The Morgan fingerprint density at radius 1 is 0.958 bits per heavy atom. The van der Waals surface area contributed by atoms with E-state index in [-0.39, 0.29) is 18.1 Å². The number of hydrogen-bond donors (Lipinski definition) is 3. The van der Waals surface area contributed by atoms with E-state index >= 15 is 0 Å². The largest absolute Gasteiger partial charge is 0.489 e. The Balaban J connectivity index is 1.02. The minimum atomic E-state index is -0.846. The Labute approximate surface area is 289 Å². The molecule has 2 aliphatic heterocycles. The lowest BCUT2D eigenvalue weighted by Crippen LogP contribution is -2.74. The Bertz CT molecular complexity index is 1290. The van der Waals surface area contributed by atoms with Gasteiger partial charge in [-0.25, -0.2) is 0 Å². The number of hydrogen-bond acceptors (Lipinski definition) is 5. The molecule has 1 saturated heterocycles. The number of benzene rings is 1. The average molecular weight is 662 g/mol. The maximum atomic E-state index is 13.2. The van der Waals surface area contributed by atoms with Crippen molar-refractivity contribution in [2.75, 3.05) is 6.54 Å². The van der Waals surface area contributed by atoms with Crippen molar-refractivity contribution in [1.29, 1.82) is 0 Å². The molecule has 1 spiro atoms. The van der Waals surface area contributed by atoms with Crippen LogP contribution in [-0.4, -0.2) is 46.3 Å². The summed E-state index contributed by atoms with van der Waals surface area (Å²) in [6, 6.07) is 4.21. The van der Waals surface area contributed by atoms with E-state index in [1.165, 1.54) is 63.4 Å². The highest BCUT2D eigenvalue weighted by atomic mass is 16.5. The van der Waals surface area contributed by atoms with E-state index in [1.807, 2.05) is 6.07 Å². The van der Waals surface area contributed by atoms with Gasteiger partial charge in [0.25, 0.3) is 0 Å². The molecular weight excluding hydrogens is 598 g/mol. The Morgan fingerprint density at radius 3 is 2.44 bits per heavy atom. The molecule has 0 amide bonds. The van der Waals surface area contributed by atoms with Crippen molar-refractivity contribution >= 4 is 11.8 Å². The summed E-state index contributed by atoms with van der Waals surface area (Å²) in [6.45, 7) is 3.12. The molecule has 3 unspecified atom stereocenters. The second-order valence-electron chi connectivity index (χ2n) is 16.2. The molecule has 48 heavy (non-hydrogen) atoms. The predicted octanol–water partition coefficient (Wildman–Crippen LogP) is 9.10. The van der Waals surface area contributed by atoms with Crippen molar-refractivity contribution in [3.8, 4) is 5.75 Å². The zero-order chi connectivity index (χ0) is 33.6. The number of piperidine rings is 1. The van der Waals surface area contributed by atoms with Gasteiger partial charge in [0.1, 0.15) is 17.6 Å². The van der Waals surface area contributed by atoms with Crippen molar-refractivity contribution < 1.29 is 24.5 Å². The van der Waals surface area contributed by atoms with Crippen LogP contribution in [-0.2, 0) is 21.4 Å². The Kier molecular flexibility index (Phi) is 12.1. The summed E-state index contributed by atoms with van der Waals surface area (Å²) in [4.78, 5) is 26.0. The summed E-state index contributed by atoms with van der Waals surface area (Å²) in [5, 5.41) is 26.6. The fourth-order valence-electron chi connectivity index (χ4n) is 10.2. The fraction of sp³-hybridized carbons (Fsp3) is 0.762. The lowest BCUT2D eigenvalue weighted by molar-refractivity contribution is -0.149. The maximum Gasteiger partial charge on any atom is 0.311 e. The first-order valence-electron chi connectivity index (χ1n) is 20.1. The highest BCUT2D eigenvalue weighted by molar-refractivity contribution is 5.79. The molecular formula is C42H63NO5.